The van der Waals surface area contributed by atoms with E-state index in [2.05, 4.69) is 33.6 Å². The van der Waals surface area contributed by atoms with E-state index in [0.717, 1.165) is 49.8 Å². The van der Waals surface area contributed by atoms with Crippen molar-refractivity contribution < 1.29 is 9.47 Å². The summed E-state index contributed by atoms with van der Waals surface area (Å²) >= 11 is 1.78. The van der Waals surface area contributed by atoms with Gasteiger partial charge in [0, 0.05) is 37.6 Å². The molecule has 0 spiro atoms. The fraction of sp³-hybridized carbons (Fsp3) is 0.444. The Bertz CT molecular complexity index is 730. The van der Waals surface area contributed by atoms with Crippen LogP contribution in [-0.2, 0) is 19.3 Å². The van der Waals surface area contributed by atoms with Crippen LogP contribution in [0.15, 0.2) is 29.4 Å². The molecule has 25 heavy (non-hydrogen) atoms. The third-order valence-electron chi connectivity index (χ3n) is 3.95. The molecule has 1 aliphatic rings. The van der Waals surface area contributed by atoms with Crippen LogP contribution >= 0.6 is 11.3 Å². The molecule has 6 nitrogen and oxygen atoms in total. The maximum Gasteiger partial charge on any atom is 0.231 e. The van der Waals surface area contributed by atoms with Crippen molar-refractivity contribution in [3.8, 4) is 11.5 Å². The first-order valence-corrected chi connectivity index (χ1v) is 9.36. The topological polar surface area (TPSA) is 67.8 Å². The van der Waals surface area contributed by atoms with Crippen LogP contribution in [0, 0.1) is 0 Å². The number of nitrogens with one attached hydrogen (secondary N) is 2. The Morgan fingerprint density at radius 3 is 2.76 bits per heavy atom. The molecular formula is C18H24N4O2S. The van der Waals surface area contributed by atoms with Gasteiger partial charge in [-0.25, -0.2) is 4.98 Å². The quantitative estimate of drug-likeness (QED) is 0.586. The maximum absolute atomic E-state index is 5.41. The summed E-state index contributed by atoms with van der Waals surface area (Å²) in [7, 11) is 1.79. The van der Waals surface area contributed by atoms with Gasteiger partial charge in [0.25, 0.3) is 0 Å². The van der Waals surface area contributed by atoms with Crippen LogP contribution in [-0.4, -0.2) is 37.9 Å². The van der Waals surface area contributed by atoms with Crippen molar-refractivity contribution in [2.75, 3.05) is 26.9 Å². The maximum atomic E-state index is 5.41. The summed E-state index contributed by atoms with van der Waals surface area (Å²) in [4.78, 5) is 10.0. The molecule has 0 saturated heterocycles. The molecule has 134 valence electrons. The summed E-state index contributed by atoms with van der Waals surface area (Å²) in [6, 6.07) is 6.07. The van der Waals surface area contributed by atoms with E-state index in [1.54, 1.807) is 18.4 Å². The molecule has 2 N–H and O–H groups in total. The number of hydrogen-bond acceptors (Lipinski definition) is 5. The highest BCUT2D eigenvalue weighted by Gasteiger charge is 2.12. The first-order chi connectivity index (χ1) is 12.3. The van der Waals surface area contributed by atoms with E-state index in [4.69, 9.17) is 9.47 Å². The Hall–Kier alpha value is -2.28. The molecule has 1 aliphatic heterocycles. The highest BCUT2D eigenvalue weighted by atomic mass is 32.1. The van der Waals surface area contributed by atoms with Gasteiger partial charge in [-0.1, -0.05) is 13.0 Å². The molecule has 0 fully saturated rings. The number of aryl methyl sites for hydroxylation is 1. The number of nitrogens with zero attached hydrogens (tertiary/aromatic N) is 2. The van der Waals surface area contributed by atoms with Gasteiger partial charge in [-0.2, -0.15) is 0 Å². The lowest BCUT2D eigenvalue weighted by atomic mass is 10.1. The van der Waals surface area contributed by atoms with Crippen LogP contribution in [0.4, 0.5) is 0 Å². The van der Waals surface area contributed by atoms with Crippen molar-refractivity contribution in [2.24, 2.45) is 4.99 Å². The first kappa shape index (κ1) is 17.5. The number of ether oxygens (including phenoxy) is 2. The lowest BCUT2D eigenvalue weighted by molar-refractivity contribution is 0.174. The smallest absolute Gasteiger partial charge is 0.231 e. The van der Waals surface area contributed by atoms with Gasteiger partial charge in [-0.15, -0.1) is 11.3 Å². The molecule has 0 bridgehead atoms. The molecular weight excluding hydrogens is 336 g/mol. The lowest BCUT2D eigenvalue weighted by Crippen LogP contribution is -2.39. The van der Waals surface area contributed by atoms with Crippen molar-refractivity contribution in [1.82, 2.24) is 15.6 Å². The van der Waals surface area contributed by atoms with Gasteiger partial charge in [0.05, 0.1) is 5.01 Å². The summed E-state index contributed by atoms with van der Waals surface area (Å²) in [5.74, 6) is 2.46. The molecule has 0 atom stereocenters. The molecule has 0 radical (unpaired) electrons. The second-order valence-corrected chi connectivity index (χ2v) is 6.89. The minimum Gasteiger partial charge on any atom is -0.454 e. The van der Waals surface area contributed by atoms with E-state index in [0.29, 0.717) is 6.79 Å². The zero-order chi connectivity index (χ0) is 17.5. The van der Waals surface area contributed by atoms with Gasteiger partial charge in [0.15, 0.2) is 17.5 Å². The van der Waals surface area contributed by atoms with Crippen LogP contribution in [0.5, 0.6) is 11.5 Å². The Labute approximate surface area is 152 Å². The van der Waals surface area contributed by atoms with Gasteiger partial charge < -0.3 is 20.1 Å². The molecule has 7 heteroatoms. The fourth-order valence-electron chi connectivity index (χ4n) is 2.56. The van der Waals surface area contributed by atoms with Crippen molar-refractivity contribution in [3.05, 3.63) is 39.8 Å². The Morgan fingerprint density at radius 2 is 2.00 bits per heavy atom. The van der Waals surface area contributed by atoms with Crippen LogP contribution < -0.4 is 20.1 Å². The number of rotatable bonds is 7. The molecule has 3 rings (SSSR count). The van der Waals surface area contributed by atoms with Crippen molar-refractivity contribution in [3.63, 3.8) is 0 Å². The van der Waals surface area contributed by atoms with E-state index in [1.807, 2.05) is 18.3 Å². The molecule has 1 aromatic heterocycles. The molecule has 0 amide bonds. The summed E-state index contributed by atoms with van der Waals surface area (Å²) in [5.41, 5.74) is 1.21. The van der Waals surface area contributed by atoms with E-state index < -0.39 is 0 Å². The van der Waals surface area contributed by atoms with E-state index in [-0.39, 0.29) is 0 Å². The number of aromatic nitrogens is 1. The predicted octanol–water partition coefficient (Wildman–Crippen LogP) is 2.38. The third-order valence-corrected chi connectivity index (χ3v) is 5.15. The van der Waals surface area contributed by atoms with E-state index in [1.165, 1.54) is 15.4 Å². The Morgan fingerprint density at radius 1 is 1.20 bits per heavy atom. The molecule has 2 heterocycles. The fourth-order valence-corrected chi connectivity index (χ4v) is 3.42. The van der Waals surface area contributed by atoms with Gasteiger partial charge >= 0.3 is 0 Å². The summed E-state index contributed by atoms with van der Waals surface area (Å²) in [6.07, 6.45) is 4.82. The van der Waals surface area contributed by atoms with E-state index >= 15 is 0 Å². The van der Waals surface area contributed by atoms with Crippen molar-refractivity contribution >= 4 is 17.3 Å². The van der Waals surface area contributed by atoms with Crippen LogP contribution in [0.3, 0.4) is 0 Å². The molecule has 0 saturated carbocycles. The number of fused-ring (bicyclic) bond motifs is 1. The minimum absolute atomic E-state index is 0.312. The average Bonchev–Trinajstić information content (AvgIpc) is 3.28. The summed E-state index contributed by atoms with van der Waals surface area (Å²) in [5, 5.41) is 7.84. The Kier molecular flexibility index (Phi) is 6.11. The zero-order valence-electron chi connectivity index (χ0n) is 14.7. The average molecular weight is 360 g/mol. The third kappa shape index (κ3) is 4.85. The Balaban J connectivity index is 1.39. The zero-order valence-corrected chi connectivity index (χ0v) is 15.5. The van der Waals surface area contributed by atoms with Crippen molar-refractivity contribution in [1.29, 1.82) is 0 Å². The largest absolute Gasteiger partial charge is 0.454 e. The minimum atomic E-state index is 0.312. The normalized spacial score (nSPS) is 13.1. The van der Waals surface area contributed by atoms with Crippen LogP contribution in [0.1, 0.15) is 22.4 Å². The highest BCUT2D eigenvalue weighted by molar-refractivity contribution is 7.11. The molecule has 1 aromatic carbocycles. The lowest BCUT2D eigenvalue weighted by Gasteiger charge is -2.11. The number of benzene rings is 1. The van der Waals surface area contributed by atoms with Crippen LogP contribution in [0.25, 0.3) is 0 Å². The second kappa shape index (κ2) is 8.71. The number of guanidine groups is 1. The molecule has 2 aromatic rings. The van der Waals surface area contributed by atoms with Crippen LogP contribution in [0.2, 0.25) is 0 Å². The highest BCUT2D eigenvalue weighted by Crippen LogP contribution is 2.32. The number of thiazole rings is 1. The first-order valence-electron chi connectivity index (χ1n) is 8.55. The van der Waals surface area contributed by atoms with Gasteiger partial charge in [-0.05, 0) is 30.5 Å². The standard InChI is InChI=1S/C18H24N4O2S/c1-3-14-11-22-17(25-14)7-9-21-18(19-2)20-8-6-13-4-5-15-16(10-13)24-12-23-15/h4-5,10-11H,3,6-9,12H2,1-2H3,(H2,19,20,21). The van der Waals surface area contributed by atoms with Gasteiger partial charge in [-0.3, -0.25) is 4.99 Å². The molecule has 0 unspecified atom stereocenters. The number of hydrogen-bond donors (Lipinski definition) is 2. The summed E-state index contributed by atoms with van der Waals surface area (Å²) < 4.78 is 10.7. The van der Waals surface area contributed by atoms with Crippen molar-refractivity contribution in [2.45, 2.75) is 26.2 Å². The SMILES string of the molecule is CCc1cnc(CCNC(=NC)NCCc2ccc3c(c2)OCO3)s1. The second-order valence-electron chi connectivity index (χ2n) is 5.69. The molecule has 0 aliphatic carbocycles. The van der Waals surface area contributed by atoms with Gasteiger partial charge in [0.2, 0.25) is 6.79 Å². The monoisotopic (exact) mass is 360 g/mol. The van der Waals surface area contributed by atoms with Gasteiger partial charge in [0.1, 0.15) is 0 Å². The summed E-state index contributed by atoms with van der Waals surface area (Å²) in [6.45, 7) is 4.09. The van der Waals surface area contributed by atoms with E-state index in [9.17, 15) is 0 Å². The number of aliphatic imine (C=N–C) groups is 1. The predicted molar refractivity (Wildman–Crippen MR) is 101 cm³/mol.